The summed E-state index contributed by atoms with van der Waals surface area (Å²) in [6.45, 7) is 0.925. The van der Waals surface area contributed by atoms with Crippen molar-refractivity contribution in [1.29, 1.82) is 0 Å². The van der Waals surface area contributed by atoms with E-state index in [0.717, 1.165) is 25.0 Å². The largest absolute Gasteiger partial charge is 0.497 e. The van der Waals surface area contributed by atoms with Crippen LogP contribution in [0.25, 0.3) is 0 Å². The Morgan fingerprint density at radius 1 is 1.35 bits per heavy atom. The predicted molar refractivity (Wildman–Crippen MR) is 85.6 cm³/mol. The minimum absolute atomic E-state index is 0.0856. The first-order valence-electron chi connectivity index (χ1n) is 8.26. The Kier molecular flexibility index (Phi) is 4.55. The Morgan fingerprint density at radius 3 is 2.87 bits per heavy atom. The zero-order chi connectivity index (χ0) is 16.4. The second-order valence-corrected chi connectivity index (χ2v) is 6.52. The van der Waals surface area contributed by atoms with Crippen LogP contribution >= 0.6 is 0 Å². The lowest BCUT2D eigenvalue weighted by molar-refractivity contribution is -0.141. The van der Waals surface area contributed by atoms with Gasteiger partial charge < -0.3 is 14.7 Å². The molecule has 1 aromatic rings. The zero-order valence-corrected chi connectivity index (χ0v) is 13.5. The van der Waals surface area contributed by atoms with Gasteiger partial charge in [0.25, 0.3) is 0 Å². The molecule has 0 bridgehead atoms. The zero-order valence-electron chi connectivity index (χ0n) is 13.5. The Bertz CT molecular complexity index is 613. The van der Waals surface area contributed by atoms with Gasteiger partial charge in [0.15, 0.2) is 0 Å². The van der Waals surface area contributed by atoms with E-state index in [-0.39, 0.29) is 11.8 Å². The molecule has 23 heavy (non-hydrogen) atoms. The summed E-state index contributed by atoms with van der Waals surface area (Å²) >= 11 is 0. The molecule has 0 unspecified atom stereocenters. The fourth-order valence-electron chi connectivity index (χ4n) is 3.76. The number of ether oxygens (including phenoxy) is 1. The number of hydrogen-bond donors (Lipinski definition) is 1. The summed E-state index contributed by atoms with van der Waals surface area (Å²) in [5.41, 5.74) is 2.53. The lowest BCUT2D eigenvalue weighted by Crippen LogP contribution is -2.31. The summed E-state index contributed by atoms with van der Waals surface area (Å²) in [7, 11) is 1.66. The van der Waals surface area contributed by atoms with Crippen molar-refractivity contribution in [2.45, 2.75) is 38.0 Å². The molecule has 5 heteroatoms. The summed E-state index contributed by atoms with van der Waals surface area (Å²) in [6, 6.07) is 6.11. The van der Waals surface area contributed by atoms with E-state index >= 15 is 0 Å². The molecule has 2 atom stereocenters. The van der Waals surface area contributed by atoms with Gasteiger partial charge in [-0.3, -0.25) is 9.59 Å². The van der Waals surface area contributed by atoms with Gasteiger partial charge in [-0.2, -0.15) is 0 Å². The van der Waals surface area contributed by atoms with Crippen LogP contribution in [0.4, 0.5) is 0 Å². The van der Waals surface area contributed by atoms with Crippen LogP contribution in [0.2, 0.25) is 0 Å². The van der Waals surface area contributed by atoms with Crippen molar-refractivity contribution in [3.05, 3.63) is 29.3 Å². The second-order valence-electron chi connectivity index (χ2n) is 6.52. The van der Waals surface area contributed by atoms with Gasteiger partial charge in [-0.1, -0.05) is 6.07 Å². The standard InChI is InChI=1S/C18H23NO4/c1-23-15-5-6-16-12(9-15)3-2-4-13(16)10-17(20)19-8-7-14(11-19)18(21)22/h5-6,9,13-14H,2-4,7-8,10-11H2,1H3,(H,21,22)/t13-,14+/m0/s1. The van der Waals surface area contributed by atoms with Crippen molar-refractivity contribution in [3.8, 4) is 5.75 Å². The monoisotopic (exact) mass is 317 g/mol. The number of methoxy groups -OCH3 is 1. The summed E-state index contributed by atoms with van der Waals surface area (Å²) < 4.78 is 5.28. The predicted octanol–water partition coefficient (Wildman–Crippen LogP) is 2.44. The number of likely N-dealkylation sites (tertiary alicyclic amines) is 1. The van der Waals surface area contributed by atoms with Crippen LogP contribution in [0.3, 0.4) is 0 Å². The third-order valence-electron chi connectivity index (χ3n) is 5.10. The molecule has 0 aromatic heterocycles. The van der Waals surface area contributed by atoms with Crippen LogP contribution in [-0.2, 0) is 16.0 Å². The van der Waals surface area contributed by atoms with Crippen molar-refractivity contribution in [2.75, 3.05) is 20.2 Å². The van der Waals surface area contributed by atoms with Crippen LogP contribution in [0, 0.1) is 5.92 Å². The molecule has 0 spiro atoms. The third-order valence-corrected chi connectivity index (χ3v) is 5.10. The van der Waals surface area contributed by atoms with E-state index in [2.05, 4.69) is 12.1 Å². The number of benzene rings is 1. The number of aryl methyl sites for hydroxylation is 1. The van der Waals surface area contributed by atoms with E-state index in [0.29, 0.717) is 25.9 Å². The molecule has 1 saturated heterocycles. The van der Waals surface area contributed by atoms with Crippen molar-refractivity contribution in [2.24, 2.45) is 5.92 Å². The first-order chi connectivity index (χ1) is 11.1. The number of rotatable bonds is 4. The number of carboxylic acids is 1. The van der Waals surface area contributed by atoms with Crippen molar-refractivity contribution >= 4 is 11.9 Å². The summed E-state index contributed by atoms with van der Waals surface area (Å²) in [6.07, 6.45) is 4.17. The second kappa shape index (κ2) is 6.60. The quantitative estimate of drug-likeness (QED) is 0.926. The molecule has 0 saturated carbocycles. The number of carbonyl (C=O) groups is 2. The van der Waals surface area contributed by atoms with E-state index in [1.165, 1.54) is 11.1 Å². The number of aliphatic carboxylic acids is 1. The van der Waals surface area contributed by atoms with E-state index in [9.17, 15) is 9.59 Å². The maximum absolute atomic E-state index is 12.5. The van der Waals surface area contributed by atoms with Crippen LogP contribution in [0.5, 0.6) is 5.75 Å². The maximum atomic E-state index is 12.5. The Hall–Kier alpha value is -2.04. The number of hydrogen-bond acceptors (Lipinski definition) is 3. The van der Waals surface area contributed by atoms with E-state index in [1.54, 1.807) is 12.0 Å². The Labute approximate surface area is 136 Å². The molecule has 1 aromatic carbocycles. The van der Waals surface area contributed by atoms with Crippen LogP contribution in [0.15, 0.2) is 18.2 Å². The van der Waals surface area contributed by atoms with Gasteiger partial charge >= 0.3 is 5.97 Å². The molecule has 1 heterocycles. The molecular formula is C18H23NO4. The van der Waals surface area contributed by atoms with Crippen LogP contribution in [0.1, 0.15) is 42.7 Å². The molecule has 1 aliphatic carbocycles. The summed E-state index contributed by atoms with van der Waals surface area (Å²) in [4.78, 5) is 25.3. The molecule has 5 nitrogen and oxygen atoms in total. The topological polar surface area (TPSA) is 66.8 Å². The molecule has 1 amide bonds. The number of nitrogens with zero attached hydrogens (tertiary/aromatic N) is 1. The number of fused-ring (bicyclic) bond motifs is 1. The number of carboxylic acid groups (broad SMARTS) is 1. The van der Waals surface area contributed by atoms with Gasteiger partial charge in [0, 0.05) is 19.5 Å². The lowest BCUT2D eigenvalue weighted by atomic mass is 9.80. The lowest BCUT2D eigenvalue weighted by Gasteiger charge is -2.27. The molecule has 3 rings (SSSR count). The van der Waals surface area contributed by atoms with E-state index < -0.39 is 11.9 Å². The minimum atomic E-state index is -0.796. The normalized spacial score (nSPS) is 23.4. The van der Waals surface area contributed by atoms with Crippen LogP contribution in [-0.4, -0.2) is 42.1 Å². The molecule has 124 valence electrons. The van der Waals surface area contributed by atoms with Crippen LogP contribution < -0.4 is 4.74 Å². The average molecular weight is 317 g/mol. The highest BCUT2D eigenvalue weighted by Crippen LogP contribution is 2.36. The summed E-state index contributed by atoms with van der Waals surface area (Å²) in [5, 5.41) is 9.06. The van der Waals surface area contributed by atoms with Gasteiger partial charge in [0.2, 0.25) is 5.91 Å². The average Bonchev–Trinajstić information content (AvgIpc) is 3.05. The first kappa shape index (κ1) is 15.8. The third kappa shape index (κ3) is 3.33. The van der Waals surface area contributed by atoms with Gasteiger partial charge in [0.1, 0.15) is 5.75 Å². The highest BCUT2D eigenvalue weighted by atomic mass is 16.5. The smallest absolute Gasteiger partial charge is 0.308 e. The molecule has 1 aliphatic heterocycles. The van der Waals surface area contributed by atoms with E-state index in [4.69, 9.17) is 9.84 Å². The SMILES string of the molecule is COc1ccc2c(c1)CCC[C@H]2CC(=O)N1CC[C@@H](C(=O)O)C1. The fraction of sp³-hybridized carbons (Fsp3) is 0.556. The van der Waals surface area contributed by atoms with Crippen molar-refractivity contribution in [1.82, 2.24) is 4.90 Å². The molecule has 1 fully saturated rings. The molecule has 1 N–H and O–H groups in total. The Balaban J connectivity index is 1.68. The first-order valence-corrected chi connectivity index (χ1v) is 8.26. The van der Waals surface area contributed by atoms with E-state index in [1.807, 2.05) is 6.07 Å². The fourth-order valence-corrected chi connectivity index (χ4v) is 3.76. The van der Waals surface area contributed by atoms with Crippen molar-refractivity contribution in [3.63, 3.8) is 0 Å². The summed E-state index contributed by atoms with van der Waals surface area (Å²) in [5.74, 6) is -0.0136. The molecule has 0 radical (unpaired) electrons. The van der Waals surface area contributed by atoms with Gasteiger partial charge in [-0.15, -0.1) is 0 Å². The van der Waals surface area contributed by atoms with Gasteiger partial charge in [0.05, 0.1) is 13.0 Å². The highest BCUT2D eigenvalue weighted by molar-refractivity contribution is 5.79. The van der Waals surface area contributed by atoms with Gasteiger partial charge in [-0.05, 0) is 54.9 Å². The molecule has 2 aliphatic rings. The minimum Gasteiger partial charge on any atom is -0.497 e. The maximum Gasteiger partial charge on any atom is 0.308 e. The van der Waals surface area contributed by atoms with Crippen molar-refractivity contribution < 1.29 is 19.4 Å². The Morgan fingerprint density at radius 2 is 2.17 bits per heavy atom. The van der Waals surface area contributed by atoms with Gasteiger partial charge in [-0.25, -0.2) is 0 Å². The number of carbonyl (C=O) groups excluding carboxylic acids is 1. The number of amides is 1. The molecular weight excluding hydrogens is 294 g/mol. The highest BCUT2D eigenvalue weighted by Gasteiger charge is 2.32.